The smallest absolute Gasteiger partial charge is 0.159 e. The van der Waals surface area contributed by atoms with Crippen LogP contribution in [-0.4, -0.2) is 9.97 Å². The van der Waals surface area contributed by atoms with Gasteiger partial charge < -0.3 is 0 Å². The van der Waals surface area contributed by atoms with Crippen LogP contribution in [0.2, 0.25) is 0 Å². The molecule has 0 spiro atoms. The average Bonchev–Trinajstić information content (AvgIpc) is 2.47. The summed E-state index contributed by atoms with van der Waals surface area (Å²) in [5.41, 5.74) is 1.56. The second-order valence-electron chi connectivity index (χ2n) is 4.85. The highest BCUT2D eigenvalue weighted by Gasteiger charge is 2.06. The summed E-state index contributed by atoms with van der Waals surface area (Å²) >= 11 is 0. The van der Waals surface area contributed by atoms with Crippen molar-refractivity contribution in [3.8, 4) is 11.4 Å². The molecule has 20 heavy (non-hydrogen) atoms. The molecule has 0 saturated heterocycles. The predicted octanol–water partition coefficient (Wildman–Crippen LogP) is 4.54. The van der Waals surface area contributed by atoms with Crippen molar-refractivity contribution < 1.29 is 8.78 Å². The Bertz CT molecular complexity index is 553. The van der Waals surface area contributed by atoms with Crippen LogP contribution in [0, 0.1) is 11.6 Å². The molecule has 2 nitrogen and oxygen atoms in total. The standard InChI is InChI=1S/C16H18F2N2/c1-2-3-4-5-6-12-10-19-16(20-11-12)13-7-8-14(17)15(18)9-13/h7-11H,2-6H2,1H3. The number of aryl methyl sites for hydroxylation is 1. The first-order valence-electron chi connectivity index (χ1n) is 6.97. The van der Waals surface area contributed by atoms with Gasteiger partial charge in [-0.05, 0) is 36.6 Å². The van der Waals surface area contributed by atoms with Crippen molar-refractivity contribution in [3.63, 3.8) is 0 Å². The quantitative estimate of drug-likeness (QED) is 0.724. The summed E-state index contributed by atoms with van der Waals surface area (Å²) in [6.07, 6.45) is 9.27. The van der Waals surface area contributed by atoms with Crippen molar-refractivity contribution >= 4 is 0 Å². The van der Waals surface area contributed by atoms with Gasteiger partial charge in [0.05, 0.1) is 0 Å². The second-order valence-corrected chi connectivity index (χ2v) is 4.85. The molecule has 1 heterocycles. The summed E-state index contributed by atoms with van der Waals surface area (Å²) in [4.78, 5) is 8.44. The Morgan fingerprint density at radius 1 is 0.950 bits per heavy atom. The number of aromatic nitrogens is 2. The average molecular weight is 276 g/mol. The zero-order valence-corrected chi connectivity index (χ0v) is 11.6. The van der Waals surface area contributed by atoms with E-state index in [1.165, 1.54) is 25.3 Å². The van der Waals surface area contributed by atoms with Crippen molar-refractivity contribution in [1.82, 2.24) is 9.97 Å². The van der Waals surface area contributed by atoms with E-state index in [4.69, 9.17) is 0 Å². The lowest BCUT2D eigenvalue weighted by atomic mass is 10.1. The SMILES string of the molecule is CCCCCCc1cnc(-c2ccc(F)c(F)c2)nc1. The van der Waals surface area contributed by atoms with E-state index in [0.29, 0.717) is 11.4 Å². The molecule has 0 atom stereocenters. The minimum Gasteiger partial charge on any atom is -0.236 e. The molecular formula is C16H18F2N2. The molecule has 0 aliphatic carbocycles. The lowest BCUT2D eigenvalue weighted by molar-refractivity contribution is 0.509. The topological polar surface area (TPSA) is 25.8 Å². The summed E-state index contributed by atoms with van der Waals surface area (Å²) in [6.45, 7) is 2.18. The fraction of sp³-hybridized carbons (Fsp3) is 0.375. The number of benzene rings is 1. The van der Waals surface area contributed by atoms with Gasteiger partial charge in [0.25, 0.3) is 0 Å². The van der Waals surface area contributed by atoms with Crippen molar-refractivity contribution in [3.05, 3.63) is 47.8 Å². The maximum Gasteiger partial charge on any atom is 0.159 e. The largest absolute Gasteiger partial charge is 0.236 e. The summed E-state index contributed by atoms with van der Waals surface area (Å²) in [7, 11) is 0. The van der Waals surface area contributed by atoms with Gasteiger partial charge in [-0.1, -0.05) is 26.2 Å². The summed E-state index contributed by atoms with van der Waals surface area (Å²) in [5, 5.41) is 0. The van der Waals surface area contributed by atoms with Gasteiger partial charge in [0.2, 0.25) is 0 Å². The lowest BCUT2D eigenvalue weighted by Crippen LogP contribution is -1.94. The fourth-order valence-corrected chi connectivity index (χ4v) is 2.02. The molecule has 0 amide bonds. The third-order valence-electron chi connectivity index (χ3n) is 3.20. The number of hydrogen-bond acceptors (Lipinski definition) is 2. The first kappa shape index (κ1) is 14.6. The molecule has 2 aromatic rings. The second kappa shape index (κ2) is 7.08. The van der Waals surface area contributed by atoms with Gasteiger partial charge in [-0.2, -0.15) is 0 Å². The first-order valence-corrected chi connectivity index (χ1v) is 6.97. The minimum atomic E-state index is -0.880. The first-order chi connectivity index (χ1) is 9.70. The Labute approximate surface area is 117 Å². The summed E-state index contributed by atoms with van der Waals surface area (Å²) in [6, 6.07) is 3.69. The van der Waals surface area contributed by atoms with Gasteiger partial charge in [-0.15, -0.1) is 0 Å². The molecule has 1 aromatic heterocycles. The number of hydrogen-bond donors (Lipinski definition) is 0. The molecule has 0 aliphatic rings. The number of rotatable bonds is 6. The highest BCUT2D eigenvalue weighted by atomic mass is 19.2. The van der Waals surface area contributed by atoms with Crippen molar-refractivity contribution in [2.75, 3.05) is 0 Å². The van der Waals surface area contributed by atoms with Crippen LogP contribution < -0.4 is 0 Å². The van der Waals surface area contributed by atoms with E-state index in [1.54, 1.807) is 12.4 Å². The molecule has 0 radical (unpaired) electrons. The molecule has 1 aromatic carbocycles. The fourth-order valence-electron chi connectivity index (χ4n) is 2.02. The molecule has 0 saturated carbocycles. The van der Waals surface area contributed by atoms with Crippen LogP contribution in [0.25, 0.3) is 11.4 Å². The van der Waals surface area contributed by atoms with Crippen LogP contribution in [0.15, 0.2) is 30.6 Å². The molecule has 0 bridgehead atoms. The normalized spacial score (nSPS) is 10.8. The van der Waals surface area contributed by atoms with Gasteiger partial charge in [-0.25, -0.2) is 18.7 Å². The molecule has 0 unspecified atom stereocenters. The molecular weight excluding hydrogens is 258 g/mol. The lowest BCUT2D eigenvalue weighted by Gasteiger charge is -2.03. The molecule has 4 heteroatoms. The Kier molecular flexibility index (Phi) is 5.16. The highest BCUT2D eigenvalue weighted by molar-refractivity contribution is 5.54. The molecule has 0 N–H and O–H groups in total. The van der Waals surface area contributed by atoms with E-state index in [9.17, 15) is 8.78 Å². The van der Waals surface area contributed by atoms with Crippen LogP contribution in [-0.2, 0) is 6.42 Å². The van der Waals surface area contributed by atoms with Crippen LogP contribution in [0.5, 0.6) is 0 Å². The van der Waals surface area contributed by atoms with Gasteiger partial charge in [0, 0.05) is 18.0 Å². The van der Waals surface area contributed by atoms with E-state index < -0.39 is 11.6 Å². The van der Waals surface area contributed by atoms with Gasteiger partial charge in [0.1, 0.15) is 0 Å². The maximum absolute atomic E-state index is 13.2. The Morgan fingerprint density at radius 2 is 1.70 bits per heavy atom. The number of halogens is 2. The predicted molar refractivity (Wildman–Crippen MR) is 75.2 cm³/mol. The number of unbranched alkanes of at least 4 members (excludes halogenated alkanes) is 3. The van der Waals surface area contributed by atoms with E-state index >= 15 is 0 Å². The van der Waals surface area contributed by atoms with Crippen molar-refractivity contribution in [1.29, 1.82) is 0 Å². The van der Waals surface area contributed by atoms with Crippen molar-refractivity contribution in [2.45, 2.75) is 39.0 Å². The zero-order valence-electron chi connectivity index (χ0n) is 11.6. The Morgan fingerprint density at radius 3 is 2.35 bits per heavy atom. The van der Waals surface area contributed by atoms with E-state index in [1.807, 2.05) is 0 Å². The van der Waals surface area contributed by atoms with Crippen LogP contribution in [0.4, 0.5) is 8.78 Å². The van der Waals surface area contributed by atoms with E-state index in [0.717, 1.165) is 30.5 Å². The monoisotopic (exact) mass is 276 g/mol. The Balaban J connectivity index is 2.02. The number of nitrogens with zero attached hydrogens (tertiary/aromatic N) is 2. The van der Waals surface area contributed by atoms with E-state index in [2.05, 4.69) is 16.9 Å². The van der Waals surface area contributed by atoms with Crippen LogP contribution >= 0.6 is 0 Å². The van der Waals surface area contributed by atoms with Crippen molar-refractivity contribution in [2.24, 2.45) is 0 Å². The van der Waals surface area contributed by atoms with Gasteiger partial charge >= 0.3 is 0 Å². The third-order valence-corrected chi connectivity index (χ3v) is 3.20. The third kappa shape index (κ3) is 3.83. The summed E-state index contributed by atoms with van der Waals surface area (Å²) in [5.74, 6) is -1.32. The molecule has 0 aliphatic heterocycles. The Hall–Kier alpha value is -1.84. The molecule has 0 fully saturated rings. The summed E-state index contributed by atoms with van der Waals surface area (Å²) < 4.78 is 26.0. The maximum atomic E-state index is 13.2. The minimum absolute atomic E-state index is 0.418. The highest BCUT2D eigenvalue weighted by Crippen LogP contribution is 2.18. The van der Waals surface area contributed by atoms with Gasteiger partial charge in [-0.3, -0.25) is 0 Å². The molecule has 106 valence electrons. The zero-order chi connectivity index (χ0) is 14.4. The van der Waals surface area contributed by atoms with E-state index in [-0.39, 0.29) is 0 Å². The molecule has 2 rings (SSSR count). The van der Waals surface area contributed by atoms with Crippen LogP contribution in [0.1, 0.15) is 38.2 Å². The van der Waals surface area contributed by atoms with Gasteiger partial charge in [0.15, 0.2) is 17.5 Å². The van der Waals surface area contributed by atoms with Crippen LogP contribution in [0.3, 0.4) is 0 Å².